The second-order valence-electron chi connectivity index (χ2n) is 2.55. The van der Waals surface area contributed by atoms with Crippen LogP contribution in [0.3, 0.4) is 0 Å². The van der Waals surface area contributed by atoms with Gasteiger partial charge in [0.1, 0.15) is 5.75 Å². The molecule has 1 atom stereocenters. The summed E-state index contributed by atoms with van der Waals surface area (Å²) in [5.41, 5.74) is 11.9. The minimum atomic E-state index is -0.230. The first-order chi connectivity index (χ1) is 5.65. The Bertz CT molecular complexity index is 283. The molecule has 0 aliphatic rings. The van der Waals surface area contributed by atoms with Gasteiger partial charge in [0.25, 0.3) is 0 Å². The Morgan fingerprint density at radius 2 is 2.08 bits per heavy atom. The summed E-state index contributed by atoms with van der Waals surface area (Å²) in [6.45, 7) is 0.363. The normalized spacial score (nSPS) is 11.9. The number of benzene rings is 1. The lowest BCUT2D eigenvalue weighted by Gasteiger charge is -2.11. The zero-order valence-corrected chi connectivity index (χ0v) is 9.31. The smallest absolute Gasteiger partial charge is 0.115 e. The number of hydrogen-bond acceptors (Lipinski definition) is 3. The highest BCUT2D eigenvalue weighted by molar-refractivity contribution is 9.10. The van der Waals surface area contributed by atoms with Crippen LogP contribution in [-0.4, -0.2) is 11.7 Å². The molecule has 0 aliphatic heterocycles. The first-order valence-corrected chi connectivity index (χ1v) is 4.38. The second kappa shape index (κ2) is 5.44. The molecule has 0 unspecified atom stereocenters. The molecule has 0 spiro atoms. The van der Waals surface area contributed by atoms with Crippen LogP contribution < -0.4 is 11.5 Å². The molecule has 74 valence electrons. The van der Waals surface area contributed by atoms with Gasteiger partial charge in [-0.1, -0.05) is 15.9 Å². The fraction of sp³-hybridized carbons (Fsp3) is 0.250. The molecule has 5 N–H and O–H groups in total. The summed E-state index contributed by atoms with van der Waals surface area (Å²) in [5, 5.41) is 9.16. The fourth-order valence-corrected chi connectivity index (χ4v) is 1.48. The standard InChI is InChI=1S/C8H11BrN2O.ClH/c9-7-2-1-5(12)3-6(7)8(11)4-10;/h1-3,8,12H,4,10-11H2;1H/t8-;/m1./s1. The van der Waals surface area contributed by atoms with E-state index in [-0.39, 0.29) is 24.2 Å². The van der Waals surface area contributed by atoms with E-state index in [0.717, 1.165) is 10.0 Å². The van der Waals surface area contributed by atoms with Crippen LogP contribution in [0.4, 0.5) is 0 Å². The van der Waals surface area contributed by atoms with E-state index in [4.69, 9.17) is 16.6 Å². The van der Waals surface area contributed by atoms with Crippen LogP contribution in [-0.2, 0) is 0 Å². The van der Waals surface area contributed by atoms with Crippen LogP contribution in [0.5, 0.6) is 5.75 Å². The molecule has 13 heavy (non-hydrogen) atoms. The third-order valence-electron chi connectivity index (χ3n) is 1.63. The summed E-state index contributed by atoms with van der Waals surface area (Å²) in [5.74, 6) is 0.206. The molecule has 1 aromatic carbocycles. The van der Waals surface area contributed by atoms with Gasteiger partial charge in [-0.2, -0.15) is 0 Å². The van der Waals surface area contributed by atoms with Crippen molar-refractivity contribution in [3.05, 3.63) is 28.2 Å². The minimum absolute atomic E-state index is 0. The van der Waals surface area contributed by atoms with Gasteiger partial charge < -0.3 is 16.6 Å². The van der Waals surface area contributed by atoms with E-state index >= 15 is 0 Å². The van der Waals surface area contributed by atoms with E-state index in [1.165, 1.54) is 0 Å². The van der Waals surface area contributed by atoms with Gasteiger partial charge in [0, 0.05) is 17.1 Å². The zero-order valence-electron chi connectivity index (χ0n) is 6.90. The number of hydrogen-bond donors (Lipinski definition) is 3. The van der Waals surface area contributed by atoms with Gasteiger partial charge in [-0.15, -0.1) is 12.4 Å². The van der Waals surface area contributed by atoms with Gasteiger partial charge in [0.2, 0.25) is 0 Å². The number of phenolic OH excluding ortho intramolecular Hbond substituents is 1. The molecule has 0 aromatic heterocycles. The molecule has 1 rings (SSSR count). The molecular formula is C8H12BrClN2O. The highest BCUT2D eigenvalue weighted by atomic mass is 79.9. The maximum absolute atomic E-state index is 9.16. The summed E-state index contributed by atoms with van der Waals surface area (Å²) in [6.07, 6.45) is 0. The van der Waals surface area contributed by atoms with Gasteiger partial charge in [0.15, 0.2) is 0 Å². The van der Waals surface area contributed by atoms with Crippen LogP contribution in [0.25, 0.3) is 0 Å². The first kappa shape index (κ1) is 12.7. The zero-order chi connectivity index (χ0) is 9.14. The molecule has 0 radical (unpaired) electrons. The van der Waals surface area contributed by atoms with Crippen molar-refractivity contribution < 1.29 is 5.11 Å². The van der Waals surface area contributed by atoms with Crippen LogP contribution in [0.1, 0.15) is 11.6 Å². The molecule has 0 aliphatic carbocycles. The lowest BCUT2D eigenvalue weighted by atomic mass is 10.1. The molecule has 0 fully saturated rings. The van der Waals surface area contributed by atoms with Crippen molar-refractivity contribution in [2.24, 2.45) is 11.5 Å². The highest BCUT2D eigenvalue weighted by Crippen LogP contribution is 2.25. The maximum Gasteiger partial charge on any atom is 0.115 e. The number of aromatic hydroxyl groups is 1. The summed E-state index contributed by atoms with van der Waals surface area (Å²) < 4.78 is 0.873. The minimum Gasteiger partial charge on any atom is -0.508 e. The summed E-state index contributed by atoms with van der Waals surface area (Å²) >= 11 is 3.33. The Morgan fingerprint density at radius 1 is 1.46 bits per heavy atom. The highest BCUT2D eigenvalue weighted by Gasteiger charge is 2.08. The predicted molar refractivity (Wildman–Crippen MR) is 59.0 cm³/mol. The van der Waals surface area contributed by atoms with Gasteiger partial charge in [-0.05, 0) is 23.8 Å². The van der Waals surface area contributed by atoms with Crippen molar-refractivity contribution in [1.82, 2.24) is 0 Å². The molecule has 0 saturated carbocycles. The van der Waals surface area contributed by atoms with E-state index in [0.29, 0.717) is 6.54 Å². The Labute approximate surface area is 91.7 Å². The van der Waals surface area contributed by atoms with E-state index in [2.05, 4.69) is 15.9 Å². The number of phenols is 1. The van der Waals surface area contributed by atoms with E-state index in [1.807, 2.05) is 0 Å². The number of nitrogens with two attached hydrogens (primary N) is 2. The number of halogens is 2. The maximum atomic E-state index is 9.16. The van der Waals surface area contributed by atoms with Crippen molar-refractivity contribution in [3.8, 4) is 5.75 Å². The largest absolute Gasteiger partial charge is 0.508 e. The monoisotopic (exact) mass is 266 g/mol. The van der Waals surface area contributed by atoms with Crippen molar-refractivity contribution in [2.75, 3.05) is 6.54 Å². The van der Waals surface area contributed by atoms with E-state index < -0.39 is 0 Å². The Balaban J connectivity index is 0.00000144. The second-order valence-corrected chi connectivity index (χ2v) is 3.40. The van der Waals surface area contributed by atoms with Crippen molar-refractivity contribution in [2.45, 2.75) is 6.04 Å². The molecule has 5 heteroatoms. The summed E-state index contributed by atoms with van der Waals surface area (Å²) in [6, 6.07) is 4.73. The molecule has 0 heterocycles. The van der Waals surface area contributed by atoms with E-state index in [1.54, 1.807) is 18.2 Å². The van der Waals surface area contributed by atoms with Crippen molar-refractivity contribution >= 4 is 28.3 Å². The van der Waals surface area contributed by atoms with Crippen molar-refractivity contribution in [1.29, 1.82) is 0 Å². The van der Waals surface area contributed by atoms with Gasteiger partial charge in [0.05, 0.1) is 0 Å². The molecule has 1 aromatic rings. The fourth-order valence-electron chi connectivity index (χ4n) is 0.942. The lowest BCUT2D eigenvalue weighted by Crippen LogP contribution is -2.20. The predicted octanol–water partition coefficient (Wildman–Crippen LogP) is 1.53. The third kappa shape index (κ3) is 3.15. The van der Waals surface area contributed by atoms with Gasteiger partial charge >= 0.3 is 0 Å². The Morgan fingerprint density at radius 3 is 2.62 bits per heavy atom. The first-order valence-electron chi connectivity index (χ1n) is 3.59. The lowest BCUT2D eigenvalue weighted by molar-refractivity contribution is 0.473. The van der Waals surface area contributed by atoms with Crippen LogP contribution in [0.15, 0.2) is 22.7 Å². The molecule has 3 nitrogen and oxygen atoms in total. The molecule has 0 bridgehead atoms. The van der Waals surface area contributed by atoms with Gasteiger partial charge in [-0.3, -0.25) is 0 Å². The third-order valence-corrected chi connectivity index (χ3v) is 2.36. The number of rotatable bonds is 2. The molecule has 0 amide bonds. The van der Waals surface area contributed by atoms with Crippen LogP contribution >= 0.6 is 28.3 Å². The SMILES string of the molecule is Cl.NC[C@@H](N)c1cc(O)ccc1Br. The Kier molecular flexibility index (Phi) is 5.32. The Hall–Kier alpha value is -0.290. The topological polar surface area (TPSA) is 72.3 Å². The van der Waals surface area contributed by atoms with Crippen LogP contribution in [0.2, 0.25) is 0 Å². The average Bonchev–Trinajstić information content (AvgIpc) is 2.08. The van der Waals surface area contributed by atoms with Crippen molar-refractivity contribution in [3.63, 3.8) is 0 Å². The quantitative estimate of drug-likeness (QED) is 0.761. The molecular weight excluding hydrogens is 255 g/mol. The molecule has 0 saturated heterocycles. The van der Waals surface area contributed by atoms with Crippen LogP contribution in [0, 0.1) is 0 Å². The summed E-state index contributed by atoms with van der Waals surface area (Å²) in [7, 11) is 0. The summed E-state index contributed by atoms with van der Waals surface area (Å²) in [4.78, 5) is 0. The van der Waals surface area contributed by atoms with Gasteiger partial charge in [-0.25, -0.2) is 0 Å². The van der Waals surface area contributed by atoms with E-state index in [9.17, 15) is 0 Å². The average molecular weight is 268 g/mol.